The molecule has 5 saturated carbocycles. The molecule has 0 aromatic rings. The molecule has 1 saturated heterocycles. The van der Waals surface area contributed by atoms with Gasteiger partial charge in [-0.1, -0.05) is 64.2 Å². The lowest BCUT2D eigenvalue weighted by Gasteiger charge is -2.64. The van der Waals surface area contributed by atoms with Gasteiger partial charge >= 0.3 is 0 Å². The lowest BCUT2D eigenvalue weighted by atomic mass is 9.41. The number of aliphatic hydroxyl groups is 6. The summed E-state index contributed by atoms with van der Waals surface area (Å²) in [6.45, 7) is 7.93. The zero-order valence-corrected chi connectivity index (χ0v) is 36.6. The number of dihydropyridines is 1. The third kappa shape index (κ3) is 6.43. The van der Waals surface area contributed by atoms with Crippen molar-refractivity contribution < 1.29 is 40.2 Å². The van der Waals surface area contributed by atoms with Gasteiger partial charge in [-0.05, 0) is 143 Å². The van der Waals surface area contributed by atoms with Crippen LogP contribution in [0.5, 0.6) is 0 Å². The van der Waals surface area contributed by atoms with E-state index >= 15 is 4.79 Å². The van der Waals surface area contributed by atoms with Crippen molar-refractivity contribution in [2.45, 2.75) is 184 Å². The number of hydrogen-bond acceptors (Lipinski definition) is 11. The molecule has 0 radical (unpaired) electrons. The summed E-state index contributed by atoms with van der Waals surface area (Å²) in [5.41, 5.74) is 1.59. The van der Waals surface area contributed by atoms with E-state index in [4.69, 9.17) is 10.5 Å². The van der Waals surface area contributed by atoms with E-state index in [-0.39, 0.29) is 61.1 Å². The first-order chi connectivity index (χ1) is 28.5. The van der Waals surface area contributed by atoms with Crippen molar-refractivity contribution in [1.82, 2.24) is 10.6 Å². The molecule has 334 valence electrons. The van der Waals surface area contributed by atoms with Crippen molar-refractivity contribution in [3.63, 3.8) is 0 Å². The standard InChI is InChI=1S/C49H75N3O8/c1-5-8-28-10-15-32-33-9-6-7-19-49(59,44(33)60-37(32)16-11-28)46(4,57)38-18-20-48(58)41-40-30(22-45(38,48)3)13-12-29(31-14-17-39(50)51-26-31)23-47(40)24-36(55)35(54)21-34(47)43(56)42(41)52-25-27(2)53/h12-14,17,26-30,32-40,44,51-55,57-59H,5-11,15-16,18-25,50H2,1-4H3/t27-,28-,29+,30+,32-,33-,34-,35+,36-,37+,38-,39?,40-,44+,45+,46+,47-,48+,49+/m0/s1. The number of fused-ring (bicyclic) bond motifs is 5. The Morgan fingerprint density at radius 1 is 1.00 bits per heavy atom. The molecule has 0 amide bonds. The van der Waals surface area contributed by atoms with Crippen molar-refractivity contribution in [3.8, 4) is 0 Å². The first-order valence-electron chi connectivity index (χ1n) is 24.0. The van der Waals surface area contributed by atoms with Crippen LogP contribution in [0.4, 0.5) is 0 Å². The van der Waals surface area contributed by atoms with Crippen LogP contribution in [0.3, 0.4) is 0 Å². The van der Waals surface area contributed by atoms with Crippen molar-refractivity contribution in [3.05, 3.63) is 47.3 Å². The third-order valence-electron chi connectivity index (χ3n) is 18.7. The van der Waals surface area contributed by atoms with Crippen LogP contribution in [0.1, 0.15) is 130 Å². The van der Waals surface area contributed by atoms with Crippen molar-refractivity contribution in [2.24, 2.45) is 63.9 Å². The molecule has 0 bridgehead atoms. The van der Waals surface area contributed by atoms with Gasteiger partial charge in [0.05, 0.1) is 53.6 Å². The van der Waals surface area contributed by atoms with Crippen LogP contribution in [-0.4, -0.2) is 96.5 Å². The molecular weight excluding hydrogens is 759 g/mol. The normalized spacial score (nSPS) is 50.0. The number of aliphatic hydroxyl groups excluding tert-OH is 3. The molecule has 1 unspecified atom stereocenters. The Balaban J connectivity index is 1.15. The summed E-state index contributed by atoms with van der Waals surface area (Å²) in [7, 11) is 0. The van der Waals surface area contributed by atoms with Gasteiger partial charge in [-0.15, -0.1) is 0 Å². The van der Waals surface area contributed by atoms with Gasteiger partial charge in [-0.25, -0.2) is 0 Å². The van der Waals surface area contributed by atoms with Crippen LogP contribution in [0.2, 0.25) is 0 Å². The van der Waals surface area contributed by atoms with Gasteiger partial charge in [0.25, 0.3) is 0 Å². The molecule has 0 aromatic heterocycles. The van der Waals surface area contributed by atoms with E-state index in [0.717, 1.165) is 50.0 Å². The summed E-state index contributed by atoms with van der Waals surface area (Å²) in [5, 5.41) is 80.6. The molecule has 9 rings (SSSR count). The minimum absolute atomic E-state index is 0.0763. The Morgan fingerprint density at radius 2 is 1.78 bits per heavy atom. The fraction of sp³-hybridized carbons (Fsp3) is 0.816. The topological polar surface area (TPSA) is 198 Å². The summed E-state index contributed by atoms with van der Waals surface area (Å²) < 4.78 is 7.08. The number of hydrogen-bond donors (Lipinski definition) is 9. The highest BCUT2D eigenvalue weighted by Crippen LogP contribution is 2.73. The quantitative estimate of drug-likeness (QED) is 0.155. The van der Waals surface area contributed by atoms with E-state index in [1.165, 1.54) is 19.3 Å². The number of Topliss-reactive ketones (excluding diaryl/α,β-unsaturated/α-hetero) is 1. The van der Waals surface area contributed by atoms with E-state index in [1.807, 2.05) is 25.3 Å². The Kier molecular flexibility index (Phi) is 11.2. The van der Waals surface area contributed by atoms with E-state index in [9.17, 15) is 30.6 Å². The number of nitrogens with one attached hydrogen (secondary N) is 2. The van der Waals surface area contributed by atoms with Crippen molar-refractivity contribution >= 4 is 5.78 Å². The molecule has 11 nitrogen and oxygen atoms in total. The van der Waals surface area contributed by atoms with Crippen LogP contribution in [0.25, 0.3) is 0 Å². The molecule has 7 aliphatic carbocycles. The lowest BCUT2D eigenvalue weighted by Crippen LogP contribution is -2.70. The molecule has 11 heteroatoms. The van der Waals surface area contributed by atoms with E-state index in [1.54, 1.807) is 6.92 Å². The van der Waals surface area contributed by atoms with Gasteiger partial charge < -0.3 is 51.7 Å². The number of carbonyl (C=O) groups excluding carboxylic acids is 1. The maximum Gasteiger partial charge on any atom is 0.182 e. The second kappa shape index (κ2) is 15.6. The highest BCUT2D eigenvalue weighted by Gasteiger charge is 2.75. The zero-order chi connectivity index (χ0) is 42.6. The highest BCUT2D eigenvalue weighted by atomic mass is 16.5. The predicted molar refractivity (Wildman–Crippen MR) is 228 cm³/mol. The van der Waals surface area contributed by atoms with Crippen molar-refractivity contribution in [2.75, 3.05) is 6.54 Å². The zero-order valence-electron chi connectivity index (χ0n) is 36.6. The number of ketones is 1. The summed E-state index contributed by atoms with van der Waals surface area (Å²) in [6, 6.07) is 0. The van der Waals surface area contributed by atoms with Crippen LogP contribution in [0, 0.1) is 58.2 Å². The minimum atomic E-state index is -1.64. The fourth-order valence-corrected chi connectivity index (χ4v) is 15.9. The van der Waals surface area contributed by atoms with Crippen LogP contribution in [-0.2, 0) is 9.53 Å². The van der Waals surface area contributed by atoms with Crippen LogP contribution in [0.15, 0.2) is 47.3 Å². The average Bonchev–Trinajstić information content (AvgIpc) is 3.44. The Morgan fingerprint density at radius 3 is 2.52 bits per heavy atom. The molecule has 2 aliphatic heterocycles. The summed E-state index contributed by atoms with van der Waals surface area (Å²) >= 11 is 0. The SMILES string of the molecule is CCC[C@H]1CC[C@H]2[C@@H]3CCCC[C@](O)([C@](C)(O)[C@H]4CC[C@@]5(O)C6=C(NC[C@H](C)O)C(=O)[C@@H]7C[C@@H](O)[C@@H](O)C[C@@]78C[C@H](C7=CNC(N)C=C7)C=C[C@H](C[C@]45C)[C@@H]68)[C@@H]3O[C@@H]2CC1. The van der Waals surface area contributed by atoms with Gasteiger partial charge in [0.1, 0.15) is 5.60 Å². The largest absolute Gasteiger partial charge is 0.392 e. The maximum atomic E-state index is 15.3. The maximum absolute atomic E-state index is 15.3. The first kappa shape index (κ1) is 43.2. The Bertz CT molecular complexity index is 1790. The van der Waals surface area contributed by atoms with Gasteiger partial charge in [0, 0.05) is 30.0 Å². The number of nitrogens with two attached hydrogens (primary N) is 1. The lowest BCUT2D eigenvalue weighted by molar-refractivity contribution is -0.254. The minimum Gasteiger partial charge on any atom is -0.392 e. The Hall–Kier alpha value is -2.09. The van der Waals surface area contributed by atoms with E-state index in [0.29, 0.717) is 49.3 Å². The Labute approximate surface area is 357 Å². The van der Waals surface area contributed by atoms with E-state index < -0.39 is 63.9 Å². The van der Waals surface area contributed by atoms with E-state index in [2.05, 4.69) is 36.6 Å². The molecule has 0 aromatic carbocycles. The average molecular weight is 834 g/mol. The molecule has 2 heterocycles. The van der Waals surface area contributed by atoms with Crippen molar-refractivity contribution in [1.29, 1.82) is 0 Å². The molecular formula is C49H75N3O8. The smallest absolute Gasteiger partial charge is 0.182 e. The molecule has 1 spiro atoms. The van der Waals surface area contributed by atoms with Gasteiger partial charge in [0.2, 0.25) is 0 Å². The van der Waals surface area contributed by atoms with Gasteiger partial charge in [0.15, 0.2) is 5.78 Å². The second-order valence-corrected chi connectivity index (χ2v) is 21.9. The third-order valence-corrected chi connectivity index (χ3v) is 18.7. The fourth-order valence-electron chi connectivity index (χ4n) is 15.9. The predicted octanol–water partition coefficient (Wildman–Crippen LogP) is 4.65. The highest BCUT2D eigenvalue weighted by molar-refractivity contribution is 6.00. The first-order valence-corrected chi connectivity index (χ1v) is 24.0. The molecule has 60 heavy (non-hydrogen) atoms. The molecule has 9 aliphatic rings. The number of rotatable bonds is 8. The molecule has 19 atom stereocenters. The summed E-state index contributed by atoms with van der Waals surface area (Å²) in [5.74, 6) is -0.818. The number of ether oxygens (including phenoxy) is 1. The molecule has 6 fully saturated rings. The number of allylic oxidation sites excluding steroid dienone is 5. The monoisotopic (exact) mass is 834 g/mol. The number of carbonyl (C=O) groups is 1. The van der Waals surface area contributed by atoms with Gasteiger partial charge in [-0.2, -0.15) is 0 Å². The van der Waals surface area contributed by atoms with Gasteiger partial charge in [-0.3, -0.25) is 4.79 Å². The molecule has 10 N–H and O–H groups in total. The summed E-state index contributed by atoms with van der Waals surface area (Å²) in [4.78, 5) is 15.3. The summed E-state index contributed by atoms with van der Waals surface area (Å²) in [6.07, 6.45) is 18.9. The van der Waals surface area contributed by atoms with Crippen LogP contribution >= 0.6 is 0 Å². The van der Waals surface area contributed by atoms with Crippen LogP contribution < -0.4 is 16.4 Å². The second-order valence-electron chi connectivity index (χ2n) is 21.9.